The smallest absolute Gasteiger partial charge is 0.137 e. The Morgan fingerprint density at radius 2 is 2.07 bits per heavy atom. The number of nitrogens with zero attached hydrogens (tertiary/aromatic N) is 1. The summed E-state index contributed by atoms with van der Waals surface area (Å²) < 4.78 is 0. The fourth-order valence-electron chi connectivity index (χ4n) is 1.29. The average Bonchev–Trinajstić information content (AvgIpc) is 2.19. The van der Waals surface area contributed by atoms with E-state index in [-0.39, 0.29) is 0 Å². The molecule has 70 valence electrons. The molecule has 0 unspecified atom stereocenters. The molecule has 0 bridgehead atoms. The van der Waals surface area contributed by atoms with E-state index in [0.717, 1.165) is 16.5 Å². The Hall–Kier alpha value is -0.860. The fraction of sp³-hybridized carbons (Fsp3) is 0. The van der Waals surface area contributed by atoms with Gasteiger partial charge in [0.25, 0.3) is 0 Å². The lowest BCUT2D eigenvalue weighted by molar-refractivity contribution is 1.40. The van der Waals surface area contributed by atoms with E-state index in [1.807, 2.05) is 36.4 Å². The van der Waals surface area contributed by atoms with Gasteiger partial charge in [0.15, 0.2) is 0 Å². The summed E-state index contributed by atoms with van der Waals surface area (Å²) >= 11 is 9.22. The molecule has 0 radical (unpaired) electrons. The number of para-hydroxylation sites is 1. The Morgan fingerprint density at radius 3 is 2.86 bits per heavy atom. The van der Waals surface area contributed by atoms with Gasteiger partial charge in [-0.1, -0.05) is 45.7 Å². The highest BCUT2D eigenvalue weighted by Crippen LogP contribution is 2.21. The first-order valence-electron chi connectivity index (χ1n) is 4.13. The van der Waals surface area contributed by atoms with Crippen LogP contribution in [0.2, 0.25) is 5.15 Å². The number of hydrogen-bond donors (Lipinski definition) is 0. The van der Waals surface area contributed by atoms with Gasteiger partial charge < -0.3 is 0 Å². The Bertz CT molecular complexity index is 494. The van der Waals surface area contributed by atoms with Crippen LogP contribution in [0.5, 0.6) is 0 Å². The zero-order valence-corrected chi connectivity index (χ0v) is 9.59. The van der Waals surface area contributed by atoms with Crippen molar-refractivity contribution in [1.82, 2.24) is 4.98 Å². The molecule has 2 aromatic rings. The second kappa shape index (κ2) is 4.11. The highest BCUT2D eigenvalue weighted by atomic mass is 79.9. The molecule has 0 saturated carbocycles. The summed E-state index contributed by atoms with van der Waals surface area (Å²) in [6.45, 7) is 0. The minimum Gasteiger partial charge on any atom is -0.235 e. The maximum absolute atomic E-state index is 6.00. The molecule has 0 saturated heterocycles. The minimum atomic E-state index is 0.527. The number of halogens is 2. The number of rotatable bonds is 1. The van der Waals surface area contributed by atoms with Crippen molar-refractivity contribution >= 4 is 44.5 Å². The lowest BCUT2D eigenvalue weighted by Crippen LogP contribution is -1.83. The quantitative estimate of drug-likeness (QED) is 0.705. The number of fused-ring (bicyclic) bond motifs is 1. The van der Waals surface area contributed by atoms with Crippen LogP contribution in [0.4, 0.5) is 0 Å². The fourth-order valence-corrected chi connectivity index (χ4v) is 1.79. The maximum Gasteiger partial charge on any atom is 0.137 e. The molecule has 1 aromatic carbocycles. The molecule has 0 fully saturated rings. The lowest BCUT2D eigenvalue weighted by atomic mass is 10.1. The molecule has 2 rings (SSSR count). The number of pyridine rings is 1. The van der Waals surface area contributed by atoms with Crippen LogP contribution in [0.25, 0.3) is 17.0 Å². The van der Waals surface area contributed by atoms with Gasteiger partial charge in [-0.2, -0.15) is 0 Å². The molecular weight excluding hydrogens is 261 g/mol. The van der Waals surface area contributed by atoms with E-state index >= 15 is 0 Å². The third-order valence-corrected chi connectivity index (χ3v) is 2.51. The first kappa shape index (κ1) is 9.69. The Balaban J connectivity index is 2.70. The number of benzene rings is 1. The van der Waals surface area contributed by atoms with Crippen LogP contribution >= 0.6 is 27.5 Å². The van der Waals surface area contributed by atoms with Crippen molar-refractivity contribution in [2.24, 2.45) is 0 Å². The molecule has 0 N–H and O–H groups in total. The summed E-state index contributed by atoms with van der Waals surface area (Å²) in [6.07, 6.45) is 1.88. The SMILES string of the molecule is Clc1nc2ccccc2cc1/C=C/Br. The third-order valence-electron chi connectivity index (χ3n) is 1.95. The first-order valence-corrected chi connectivity index (χ1v) is 5.42. The second-order valence-electron chi connectivity index (χ2n) is 2.85. The highest BCUT2D eigenvalue weighted by Gasteiger charge is 2.00. The molecule has 1 aromatic heterocycles. The van der Waals surface area contributed by atoms with E-state index in [1.54, 1.807) is 4.99 Å². The zero-order chi connectivity index (χ0) is 9.97. The van der Waals surface area contributed by atoms with E-state index in [2.05, 4.69) is 20.9 Å². The number of hydrogen-bond acceptors (Lipinski definition) is 1. The Labute approximate surface area is 95.5 Å². The van der Waals surface area contributed by atoms with Gasteiger partial charge in [0, 0.05) is 10.9 Å². The van der Waals surface area contributed by atoms with Gasteiger partial charge in [-0.05, 0) is 23.2 Å². The van der Waals surface area contributed by atoms with Gasteiger partial charge in [-0.3, -0.25) is 0 Å². The summed E-state index contributed by atoms with van der Waals surface area (Å²) in [5.41, 5.74) is 1.84. The molecule has 14 heavy (non-hydrogen) atoms. The van der Waals surface area contributed by atoms with E-state index in [9.17, 15) is 0 Å². The van der Waals surface area contributed by atoms with Crippen molar-refractivity contribution in [2.45, 2.75) is 0 Å². The van der Waals surface area contributed by atoms with Gasteiger partial charge in [0.2, 0.25) is 0 Å². The summed E-state index contributed by atoms with van der Waals surface area (Å²) in [4.78, 5) is 6.06. The topological polar surface area (TPSA) is 12.9 Å². The molecule has 0 amide bonds. The average molecular weight is 269 g/mol. The van der Waals surface area contributed by atoms with Crippen LogP contribution in [-0.4, -0.2) is 4.98 Å². The normalized spacial score (nSPS) is 11.3. The largest absolute Gasteiger partial charge is 0.235 e. The molecule has 1 heterocycles. The zero-order valence-electron chi connectivity index (χ0n) is 7.24. The molecule has 0 aliphatic rings. The lowest BCUT2D eigenvalue weighted by Gasteiger charge is -2.00. The third kappa shape index (κ3) is 1.81. The van der Waals surface area contributed by atoms with Gasteiger partial charge in [0.1, 0.15) is 5.15 Å². The second-order valence-corrected chi connectivity index (χ2v) is 3.74. The van der Waals surface area contributed by atoms with Crippen LogP contribution in [0, 0.1) is 0 Å². The van der Waals surface area contributed by atoms with E-state index in [4.69, 9.17) is 11.6 Å². The van der Waals surface area contributed by atoms with Crippen molar-refractivity contribution in [3.05, 3.63) is 46.0 Å². The predicted molar refractivity (Wildman–Crippen MR) is 64.7 cm³/mol. The maximum atomic E-state index is 6.00. The van der Waals surface area contributed by atoms with Crippen LogP contribution < -0.4 is 0 Å². The van der Waals surface area contributed by atoms with Gasteiger partial charge in [-0.15, -0.1) is 0 Å². The summed E-state index contributed by atoms with van der Waals surface area (Å²) in [6, 6.07) is 9.92. The van der Waals surface area contributed by atoms with Crippen molar-refractivity contribution < 1.29 is 0 Å². The van der Waals surface area contributed by atoms with Crippen LogP contribution in [-0.2, 0) is 0 Å². The Morgan fingerprint density at radius 1 is 1.29 bits per heavy atom. The molecular formula is C11H7BrClN. The molecule has 0 atom stereocenters. The minimum absolute atomic E-state index is 0.527. The highest BCUT2D eigenvalue weighted by molar-refractivity contribution is 9.11. The van der Waals surface area contributed by atoms with E-state index in [0.29, 0.717) is 5.15 Å². The first-order chi connectivity index (χ1) is 6.81. The number of aromatic nitrogens is 1. The van der Waals surface area contributed by atoms with Crippen molar-refractivity contribution in [1.29, 1.82) is 0 Å². The molecule has 0 spiro atoms. The van der Waals surface area contributed by atoms with E-state index < -0.39 is 0 Å². The van der Waals surface area contributed by atoms with Crippen LogP contribution in [0.15, 0.2) is 35.3 Å². The molecule has 1 nitrogen and oxygen atoms in total. The monoisotopic (exact) mass is 267 g/mol. The molecule has 0 aliphatic carbocycles. The summed E-state index contributed by atoms with van der Waals surface area (Å²) in [5.74, 6) is 0. The predicted octanol–water partition coefficient (Wildman–Crippen LogP) is 4.25. The summed E-state index contributed by atoms with van der Waals surface area (Å²) in [5, 5.41) is 1.62. The van der Waals surface area contributed by atoms with Crippen molar-refractivity contribution in [3.63, 3.8) is 0 Å². The van der Waals surface area contributed by atoms with E-state index in [1.165, 1.54) is 0 Å². The van der Waals surface area contributed by atoms with Crippen LogP contribution in [0.1, 0.15) is 5.56 Å². The Kier molecular flexibility index (Phi) is 2.85. The molecule has 0 aliphatic heterocycles. The van der Waals surface area contributed by atoms with Crippen molar-refractivity contribution in [3.8, 4) is 0 Å². The van der Waals surface area contributed by atoms with Crippen LogP contribution in [0.3, 0.4) is 0 Å². The standard InChI is InChI=1S/C11H7BrClN/c12-6-5-9-7-8-3-1-2-4-10(8)14-11(9)13/h1-7H/b6-5+. The van der Waals surface area contributed by atoms with Gasteiger partial charge in [-0.25, -0.2) is 4.98 Å². The molecule has 3 heteroatoms. The van der Waals surface area contributed by atoms with Gasteiger partial charge in [0.05, 0.1) is 5.52 Å². The van der Waals surface area contributed by atoms with Gasteiger partial charge >= 0.3 is 0 Å². The summed E-state index contributed by atoms with van der Waals surface area (Å²) in [7, 11) is 0. The van der Waals surface area contributed by atoms with Crippen molar-refractivity contribution in [2.75, 3.05) is 0 Å².